The first-order valence-electron chi connectivity index (χ1n) is 5.24. The van der Waals surface area contributed by atoms with Crippen molar-refractivity contribution in [1.29, 1.82) is 0 Å². The lowest BCUT2D eigenvalue weighted by Gasteiger charge is -2.31. The fourth-order valence-corrected chi connectivity index (χ4v) is 1.56. The van der Waals surface area contributed by atoms with E-state index in [1.807, 2.05) is 0 Å². The van der Waals surface area contributed by atoms with Gasteiger partial charge in [-0.05, 0) is 19.3 Å². The molecule has 0 aromatic heterocycles. The summed E-state index contributed by atoms with van der Waals surface area (Å²) in [6.07, 6.45) is 6.04. The molecule has 2 N–H and O–H groups in total. The molecule has 0 spiro atoms. The van der Waals surface area contributed by atoms with Crippen LogP contribution in [-0.2, 0) is 4.79 Å². The molecule has 0 aromatic carbocycles. The Morgan fingerprint density at radius 2 is 1.79 bits per heavy atom. The Labute approximate surface area is 86.2 Å². The second-order valence-electron chi connectivity index (χ2n) is 3.46. The average Bonchev–Trinajstić information content (AvgIpc) is 2.19. The van der Waals surface area contributed by atoms with Crippen LogP contribution in [0.2, 0.25) is 0 Å². The lowest BCUT2D eigenvalue weighted by molar-refractivity contribution is -0.131. The summed E-state index contributed by atoms with van der Waals surface area (Å²) in [5.41, 5.74) is 0.169. The predicted molar refractivity (Wildman–Crippen MR) is 58.4 cm³/mol. The Bertz CT molecular complexity index is 187. The van der Waals surface area contributed by atoms with Gasteiger partial charge in [0, 0.05) is 18.2 Å². The van der Waals surface area contributed by atoms with Gasteiger partial charge in [0.15, 0.2) is 0 Å². The van der Waals surface area contributed by atoms with Crippen LogP contribution in [0.1, 0.15) is 40.0 Å². The highest BCUT2D eigenvalue weighted by molar-refractivity contribution is 5.79. The molecule has 0 radical (unpaired) electrons. The van der Waals surface area contributed by atoms with Gasteiger partial charge in [0.05, 0.1) is 0 Å². The van der Waals surface area contributed by atoms with Crippen LogP contribution in [0.15, 0.2) is 12.2 Å². The standard InChI is InChI=1S/C11H21NO2/c1-4-11(5-2,6-3)12-9-7-8-10(13)14/h7-8,12H,4-6,9H2,1-3H3,(H,13,14)/b8-7+. The van der Waals surface area contributed by atoms with E-state index in [1.165, 1.54) is 6.08 Å². The average molecular weight is 199 g/mol. The summed E-state index contributed by atoms with van der Waals surface area (Å²) in [4.78, 5) is 10.2. The van der Waals surface area contributed by atoms with Crippen LogP contribution in [0.3, 0.4) is 0 Å². The summed E-state index contributed by atoms with van der Waals surface area (Å²) in [6, 6.07) is 0. The van der Waals surface area contributed by atoms with E-state index in [2.05, 4.69) is 26.1 Å². The van der Waals surface area contributed by atoms with Gasteiger partial charge in [0.1, 0.15) is 0 Å². The fraction of sp³-hybridized carbons (Fsp3) is 0.727. The van der Waals surface area contributed by atoms with Gasteiger partial charge in [-0.2, -0.15) is 0 Å². The van der Waals surface area contributed by atoms with Gasteiger partial charge in [-0.1, -0.05) is 26.8 Å². The topological polar surface area (TPSA) is 49.3 Å². The minimum absolute atomic E-state index is 0.169. The summed E-state index contributed by atoms with van der Waals surface area (Å²) >= 11 is 0. The maximum absolute atomic E-state index is 10.2. The zero-order valence-electron chi connectivity index (χ0n) is 9.34. The Kier molecular flexibility index (Phi) is 6.21. The van der Waals surface area contributed by atoms with Crippen molar-refractivity contribution in [3.8, 4) is 0 Å². The molecule has 0 aliphatic carbocycles. The van der Waals surface area contributed by atoms with Crippen LogP contribution >= 0.6 is 0 Å². The molecule has 3 heteroatoms. The van der Waals surface area contributed by atoms with Crippen molar-refractivity contribution >= 4 is 5.97 Å². The zero-order valence-corrected chi connectivity index (χ0v) is 9.34. The summed E-state index contributed by atoms with van der Waals surface area (Å²) in [5.74, 6) is -0.887. The van der Waals surface area contributed by atoms with Crippen LogP contribution in [0.5, 0.6) is 0 Å². The number of rotatable bonds is 7. The van der Waals surface area contributed by atoms with Crippen molar-refractivity contribution in [2.75, 3.05) is 6.54 Å². The monoisotopic (exact) mass is 199 g/mol. The first kappa shape index (κ1) is 13.2. The molecule has 0 rings (SSSR count). The van der Waals surface area contributed by atoms with Crippen molar-refractivity contribution in [2.24, 2.45) is 0 Å². The number of carbonyl (C=O) groups is 1. The largest absolute Gasteiger partial charge is 0.478 e. The van der Waals surface area contributed by atoms with Gasteiger partial charge in [-0.3, -0.25) is 0 Å². The van der Waals surface area contributed by atoms with Crippen molar-refractivity contribution in [1.82, 2.24) is 5.32 Å². The van der Waals surface area contributed by atoms with Gasteiger partial charge < -0.3 is 10.4 Å². The molecular weight excluding hydrogens is 178 g/mol. The van der Waals surface area contributed by atoms with E-state index in [9.17, 15) is 4.79 Å². The molecule has 0 unspecified atom stereocenters. The van der Waals surface area contributed by atoms with E-state index in [0.29, 0.717) is 6.54 Å². The third kappa shape index (κ3) is 4.42. The lowest BCUT2D eigenvalue weighted by Crippen LogP contribution is -2.43. The van der Waals surface area contributed by atoms with Gasteiger partial charge in [-0.15, -0.1) is 0 Å². The predicted octanol–water partition coefficient (Wildman–Crippen LogP) is 2.19. The first-order chi connectivity index (χ1) is 6.60. The van der Waals surface area contributed by atoms with E-state index in [4.69, 9.17) is 5.11 Å². The van der Waals surface area contributed by atoms with E-state index < -0.39 is 5.97 Å². The van der Waals surface area contributed by atoms with Crippen LogP contribution in [-0.4, -0.2) is 23.2 Å². The van der Waals surface area contributed by atoms with E-state index in [0.717, 1.165) is 19.3 Å². The Balaban J connectivity index is 4.00. The molecule has 0 saturated carbocycles. The molecule has 3 nitrogen and oxygen atoms in total. The molecule has 82 valence electrons. The maximum atomic E-state index is 10.2. The number of carboxylic acids is 1. The van der Waals surface area contributed by atoms with Crippen molar-refractivity contribution in [3.05, 3.63) is 12.2 Å². The zero-order chi connectivity index (χ0) is 11.0. The minimum Gasteiger partial charge on any atom is -0.478 e. The normalized spacial score (nSPS) is 12.2. The minimum atomic E-state index is -0.887. The molecule has 0 bridgehead atoms. The molecule has 0 aromatic rings. The van der Waals surface area contributed by atoms with Crippen LogP contribution in [0.25, 0.3) is 0 Å². The lowest BCUT2D eigenvalue weighted by atomic mass is 9.90. The molecule has 14 heavy (non-hydrogen) atoms. The highest BCUT2D eigenvalue weighted by Gasteiger charge is 2.21. The number of hydrogen-bond donors (Lipinski definition) is 2. The molecule has 0 atom stereocenters. The van der Waals surface area contributed by atoms with Crippen molar-refractivity contribution in [2.45, 2.75) is 45.6 Å². The molecule has 0 aliphatic heterocycles. The van der Waals surface area contributed by atoms with Gasteiger partial charge in [0.2, 0.25) is 0 Å². The SMILES string of the molecule is CCC(CC)(CC)NC/C=C/C(=O)O. The van der Waals surface area contributed by atoms with Gasteiger partial charge in [0.25, 0.3) is 0 Å². The molecule has 0 saturated heterocycles. The first-order valence-corrected chi connectivity index (χ1v) is 5.24. The summed E-state index contributed by atoms with van der Waals surface area (Å²) in [7, 11) is 0. The second-order valence-corrected chi connectivity index (χ2v) is 3.46. The van der Waals surface area contributed by atoms with E-state index in [1.54, 1.807) is 6.08 Å². The number of carboxylic acid groups (broad SMARTS) is 1. The Hall–Kier alpha value is -0.830. The van der Waals surface area contributed by atoms with Crippen LogP contribution < -0.4 is 5.32 Å². The third-order valence-electron chi connectivity index (χ3n) is 2.89. The molecular formula is C11H21NO2. The molecule has 0 heterocycles. The second kappa shape index (κ2) is 6.60. The van der Waals surface area contributed by atoms with E-state index in [-0.39, 0.29) is 5.54 Å². The summed E-state index contributed by atoms with van der Waals surface area (Å²) in [6.45, 7) is 7.09. The summed E-state index contributed by atoms with van der Waals surface area (Å²) in [5, 5.41) is 11.8. The number of nitrogens with one attached hydrogen (secondary N) is 1. The van der Waals surface area contributed by atoms with Crippen LogP contribution in [0.4, 0.5) is 0 Å². The van der Waals surface area contributed by atoms with Gasteiger partial charge in [-0.25, -0.2) is 4.79 Å². The highest BCUT2D eigenvalue weighted by atomic mass is 16.4. The van der Waals surface area contributed by atoms with Crippen molar-refractivity contribution in [3.63, 3.8) is 0 Å². The quantitative estimate of drug-likeness (QED) is 0.618. The number of hydrogen-bond acceptors (Lipinski definition) is 2. The maximum Gasteiger partial charge on any atom is 0.328 e. The van der Waals surface area contributed by atoms with Gasteiger partial charge >= 0.3 is 5.97 Å². The number of aliphatic carboxylic acids is 1. The molecule has 0 aliphatic rings. The molecule has 0 fully saturated rings. The Morgan fingerprint density at radius 3 is 2.14 bits per heavy atom. The smallest absolute Gasteiger partial charge is 0.328 e. The molecule has 0 amide bonds. The summed E-state index contributed by atoms with van der Waals surface area (Å²) < 4.78 is 0. The highest BCUT2D eigenvalue weighted by Crippen LogP contribution is 2.18. The Morgan fingerprint density at radius 1 is 1.29 bits per heavy atom. The fourth-order valence-electron chi connectivity index (χ4n) is 1.56. The van der Waals surface area contributed by atoms with E-state index >= 15 is 0 Å². The van der Waals surface area contributed by atoms with Crippen LogP contribution in [0, 0.1) is 0 Å². The third-order valence-corrected chi connectivity index (χ3v) is 2.89. The van der Waals surface area contributed by atoms with Crippen molar-refractivity contribution < 1.29 is 9.90 Å².